The minimum absolute atomic E-state index is 0.753. The molecule has 1 saturated carbocycles. The number of nitrogens with one attached hydrogen (secondary N) is 1. The zero-order valence-electron chi connectivity index (χ0n) is 6.11. The summed E-state index contributed by atoms with van der Waals surface area (Å²) in [6.45, 7) is 4.91. The van der Waals surface area contributed by atoms with Gasteiger partial charge in [-0.2, -0.15) is 0 Å². The van der Waals surface area contributed by atoms with Gasteiger partial charge in [-0.3, -0.25) is 0 Å². The Kier molecular flexibility index (Phi) is 1.10. The van der Waals surface area contributed by atoms with Crippen molar-refractivity contribution < 1.29 is 0 Å². The molecule has 2 aliphatic heterocycles. The molecule has 1 aliphatic carbocycles. The number of fused-ring (bicyclic) bond motifs is 2. The summed E-state index contributed by atoms with van der Waals surface area (Å²) in [7, 11) is 0. The van der Waals surface area contributed by atoms with E-state index < -0.39 is 0 Å². The second-order valence-electron chi connectivity index (χ2n) is 3.76. The van der Waals surface area contributed by atoms with Gasteiger partial charge in [-0.15, -0.1) is 0 Å². The van der Waals surface area contributed by atoms with Crippen LogP contribution in [0, 0.1) is 11.3 Å². The van der Waals surface area contributed by atoms with Crippen molar-refractivity contribution in [2.24, 2.45) is 11.3 Å². The van der Waals surface area contributed by atoms with Gasteiger partial charge in [0.25, 0.3) is 0 Å². The summed E-state index contributed by atoms with van der Waals surface area (Å²) in [5.74, 6) is 1.04. The highest BCUT2D eigenvalue weighted by Crippen LogP contribution is 2.49. The fourth-order valence-corrected chi connectivity index (χ4v) is 2.41. The van der Waals surface area contributed by atoms with Gasteiger partial charge in [-0.05, 0) is 37.1 Å². The predicted molar refractivity (Wildman–Crippen MR) is 38.3 cm³/mol. The molecule has 1 N–H and O–H groups in total. The largest absolute Gasteiger partial charge is 0.316 e. The molecule has 0 atom stereocenters. The number of piperidine rings is 2. The smallest absolute Gasteiger partial charge is 0.000804 e. The molecule has 0 radical (unpaired) electrons. The van der Waals surface area contributed by atoms with Gasteiger partial charge in [0.1, 0.15) is 0 Å². The van der Waals surface area contributed by atoms with Crippen molar-refractivity contribution in [3.05, 3.63) is 0 Å². The number of hydrogen-bond acceptors (Lipinski definition) is 1. The predicted octanol–water partition coefficient (Wildman–Crippen LogP) is 1.40. The molecule has 1 nitrogen and oxygen atoms in total. The zero-order valence-corrected chi connectivity index (χ0v) is 6.11. The second-order valence-corrected chi connectivity index (χ2v) is 3.76. The first-order valence-corrected chi connectivity index (χ1v) is 4.05. The standard InChI is InChI=1S/C8H15N/c1-2-8-3-7(4-8)5-9-6-8/h7,9H,2-6H2,1H3. The van der Waals surface area contributed by atoms with Crippen LogP contribution in [0.25, 0.3) is 0 Å². The molecule has 2 saturated heterocycles. The summed E-state index contributed by atoms with van der Waals surface area (Å²) in [6, 6.07) is 0. The van der Waals surface area contributed by atoms with E-state index in [1.54, 1.807) is 0 Å². The lowest BCUT2D eigenvalue weighted by Gasteiger charge is -2.52. The first-order chi connectivity index (χ1) is 4.35. The molecule has 3 aliphatic rings. The fourth-order valence-electron chi connectivity index (χ4n) is 2.41. The molecule has 52 valence electrons. The van der Waals surface area contributed by atoms with Gasteiger partial charge in [0.2, 0.25) is 0 Å². The Balaban J connectivity index is 2.02. The van der Waals surface area contributed by atoms with E-state index in [4.69, 9.17) is 0 Å². The molecule has 0 spiro atoms. The van der Waals surface area contributed by atoms with Crippen molar-refractivity contribution in [1.29, 1.82) is 0 Å². The van der Waals surface area contributed by atoms with Crippen LogP contribution in [0.5, 0.6) is 0 Å². The van der Waals surface area contributed by atoms with Crippen LogP contribution >= 0.6 is 0 Å². The van der Waals surface area contributed by atoms with E-state index in [1.807, 2.05) is 0 Å². The van der Waals surface area contributed by atoms with E-state index >= 15 is 0 Å². The van der Waals surface area contributed by atoms with Crippen LogP contribution in [0.15, 0.2) is 0 Å². The summed E-state index contributed by atoms with van der Waals surface area (Å²) in [5, 5.41) is 3.48. The lowest BCUT2D eigenvalue weighted by Crippen LogP contribution is -2.54. The number of rotatable bonds is 1. The monoisotopic (exact) mass is 125 g/mol. The molecule has 1 heteroatoms. The highest BCUT2D eigenvalue weighted by atomic mass is 14.9. The molecule has 9 heavy (non-hydrogen) atoms. The lowest BCUT2D eigenvalue weighted by molar-refractivity contribution is 0.0107. The molecule has 3 rings (SSSR count). The Morgan fingerprint density at radius 2 is 2.33 bits per heavy atom. The minimum Gasteiger partial charge on any atom is -0.316 e. The highest BCUT2D eigenvalue weighted by molar-refractivity contribution is 4.98. The van der Waals surface area contributed by atoms with Gasteiger partial charge in [0.15, 0.2) is 0 Å². The van der Waals surface area contributed by atoms with Gasteiger partial charge in [-0.1, -0.05) is 6.92 Å². The van der Waals surface area contributed by atoms with Crippen molar-refractivity contribution in [1.82, 2.24) is 5.32 Å². The molecular formula is C8H15N. The van der Waals surface area contributed by atoms with Crippen molar-refractivity contribution in [2.75, 3.05) is 13.1 Å². The Morgan fingerprint density at radius 3 is 2.67 bits per heavy atom. The number of hydrogen-bond donors (Lipinski definition) is 1. The normalized spacial score (nSPS) is 48.3. The van der Waals surface area contributed by atoms with Crippen LogP contribution in [0.2, 0.25) is 0 Å². The average Bonchev–Trinajstić information content (AvgIpc) is 1.88. The molecule has 0 aromatic heterocycles. The first-order valence-electron chi connectivity index (χ1n) is 4.05. The van der Waals surface area contributed by atoms with Crippen LogP contribution < -0.4 is 5.32 Å². The molecule has 0 aromatic carbocycles. The Labute approximate surface area is 56.8 Å². The molecule has 3 fully saturated rings. The van der Waals surface area contributed by atoms with E-state index in [9.17, 15) is 0 Å². The van der Waals surface area contributed by atoms with E-state index in [1.165, 1.54) is 32.4 Å². The fraction of sp³-hybridized carbons (Fsp3) is 1.00. The van der Waals surface area contributed by atoms with Crippen molar-refractivity contribution >= 4 is 0 Å². The van der Waals surface area contributed by atoms with Crippen LogP contribution in [0.3, 0.4) is 0 Å². The molecule has 0 unspecified atom stereocenters. The van der Waals surface area contributed by atoms with Crippen LogP contribution in [-0.2, 0) is 0 Å². The third-order valence-electron chi connectivity index (χ3n) is 3.13. The Hall–Kier alpha value is -0.0400. The zero-order chi connectivity index (χ0) is 6.32. The average molecular weight is 125 g/mol. The van der Waals surface area contributed by atoms with E-state index in [2.05, 4.69) is 12.2 Å². The second kappa shape index (κ2) is 1.72. The Bertz CT molecular complexity index is 108. The highest BCUT2D eigenvalue weighted by Gasteiger charge is 2.45. The van der Waals surface area contributed by atoms with Gasteiger partial charge in [0.05, 0.1) is 0 Å². The maximum Gasteiger partial charge on any atom is 0.000804 e. The van der Waals surface area contributed by atoms with Crippen LogP contribution in [-0.4, -0.2) is 13.1 Å². The molecule has 2 heterocycles. The van der Waals surface area contributed by atoms with Crippen LogP contribution in [0.1, 0.15) is 26.2 Å². The summed E-state index contributed by atoms with van der Waals surface area (Å²) < 4.78 is 0. The summed E-state index contributed by atoms with van der Waals surface area (Å²) >= 11 is 0. The Morgan fingerprint density at radius 1 is 1.56 bits per heavy atom. The third-order valence-corrected chi connectivity index (χ3v) is 3.13. The topological polar surface area (TPSA) is 12.0 Å². The van der Waals surface area contributed by atoms with E-state index in [0.717, 1.165) is 11.3 Å². The van der Waals surface area contributed by atoms with Gasteiger partial charge >= 0.3 is 0 Å². The molecular weight excluding hydrogens is 110 g/mol. The van der Waals surface area contributed by atoms with Crippen molar-refractivity contribution in [3.63, 3.8) is 0 Å². The molecule has 0 aromatic rings. The van der Waals surface area contributed by atoms with E-state index in [-0.39, 0.29) is 0 Å². The van der Waals surface area contributed by atoms with Gasteiger partial charge in [-0.25, -0.2) is 0 Å². The SMILES string of the molecule is CCC12CNCC(C1)C2. The lowest BCUT2D eigenvalue weighted by atomic mass is 9.58. The minimum atomic E-state index is 0.753. The first kappa shape index (κ1) is 5.72. The van der Waals surface area contributed by atoms with Crippen LogP contribution in [0.4, 0.5) is 0 Å². The maximum atomic E-state index is 3.48. The summed E-state index contributed by atoms with van der Waals surface area (Å²) in [6.07, 6.45) is 4.41. The van der Waals surface area contributed by atoms with E-state index in [0.29, 0.717) is 0 Å². The van der Waals surface area contributed by atoms with Gasteiger partial charge in [0, 0.05) is 6.54 Å². The maximum absolute atomic E-state index is 3.48. The third kappa shape index (κ3) is 0.710. The van der Waals surface area contributed by atoms with Crippen molar-refractivity contribution in [2.45, 2.75) is 26.2 Å². The molecule has 0 amide bonds. The van der Waals surface area contributed by atoms with Crippen molar-refractivity contribution in [3.8, 4) is 0 Å². The molecule has 2 bridgehead atoms. The van der Waals surface area contributed by atoms with Gasteiger partial charge < -0.3 is 5.32 Å². The summed E-state index contributed by atoms with van der Waals surface area (Å²) in [5.41, 5.74) is 0.753. The summed E-state index contributed by atoms with van der Waals surface area (Å²) in [4.78, 5) is 0. The quantitative estimate of drug-likeness (QED) is 0.558.